The summed E-state index contributed by atoms with van der Waals surface area (Å²) >= 11 is 0. The quantitative estimate of drug-likeness (QED) is 0.872. The monoisotopic (exact) mass is 247 g/mol. The van der Waals surface area contributed by atoms with Gasteiger partial charge in [-0.15, -0.1) is 0 Å². The van der Waals surface area contributed by atoms with Gasteiger partial charge in [0.2, 0.25) is 0 Å². The van der Waals surface area contributed by atoms with Crippen molar-refractivity contribution in [2.45, 2.75) is 13.5 Å². The number of aryl methyl sites for hydroxylation is 1. The lowest BCUT2D eigenvalue weighted by atomic mass is 10.0. The zero-order valence-corrected chi connectivity index (χ0v) is 10.4. The minimum Gasteiger partial charge on any atom is -0.316 e. The van der Waals surface area contributed by atoms with E-state index in [1.54, 1.807) is 31.2 Å². The third-order valence-corrected chi connectivity index (χ3v) is 2.88. The molecule has 94 valence electrons. The molecule has 0 radical (unpaired) electrons. The summed E-state index contributed by atoms with van der Waals surface area (Å²) in [6.07, 6.45) is 0. The van der Waals surface area contributed by atoms with Gasteiger partial charge in [-0.1, -0.05) is 12.1 Å². The van der Waals surface area contributed by atoms with Crippen molar-refractivity contribution in [1.29, 1.82) is 0 Å². The predicted octanol–water partition coefficient (Wildman–Crippen LogP) is 3.66. The van der Waals surface area contributed by atoms with Gasteiger partial charge < -0.3 is 5.32 Å². The first kappa shape index (κ1) is 12.7. The Kier molecular flexibility index (Phi) is 3.72. The van der Waals surface area contributed by atoms with Crippen molar-refractivity contribution in [3.8, 4) is 11.1 Å². The van der Waals surface area contributed by atoms with Gasteiger partial charge in [-0.2, -0.15) is 0 Å². The molecule has 0 atom stereocenters. The lowest BCUT2D eigenvalue weighted by Gasteiger charge is -2.08. The van der Waals surface area contributed by atoms with Gasteiger partial charge in [-0.25, -0.2) is 8.78 Å². The number of hydrogen-bond donors (Lipinski definition) is 1. The highest BCUT2D eigenvalue weighted by atomic mass is 19.1. The molecular formula is C15H15F2N. The lowest BCUT2D eigenvalue weighted by Crippen LogP contribution is -2.05. The number of halogens is 2. The number of nitrogens with one attached hydrogen (secondary N) is 1. The van der Waals surface area contributed by atoms with Crippen LogP contribution in [0.25, 0.3) is 11.1 Å². The molecule has 0 saturated heterocycles. The average Bonchev–Trinajstić information content (AvgIpc) is 2.35. The van der Waals surface area contributed by atoms with Gasteiger partial charge in [-0.3, -0.25) is 0 Å². The molecule has 0 bridgehead atoms. The minimum atomic E-state index is -0.291. The van der Waals surface area contributed by atoms with Crippen LogP contribution in [-0.4, -0.2) is 7.05 Å². The van der Waals surface area contributed by atoms with Gasteiger partial charge in [0.05, 0.1) is 0 Å². The summed E-state index contributed by atoms with van der Waals surface area (Å²) in [5.41, 5.74) is 2.72. The second-order valence-corrected chi connectivity index (χ2v) is 4.31. The molecule has 2 aromatic carbocycles. The molecule has 0 spiro atoms. The first-order valence-electron chi connectivity index (χ1n) is 5.81. The Balaban J connectivity index is 2.48. The standard InChI is InChI=1S/C15H15F2N/c1-10-7-12(4-6-14(10)16)13-8-11(9-18-2)3-5-15(13)17/h3-8,18H,9H2,1-2H3. The third kappa shape index (κ3) is 2.57. The summed E-state index contributed by atoms with van der Waals surface area (Å²) < 4.78 is 27.0. The van der Waals surface area contributed by atoms with Crippen LogP contribution in [0.4, 0.5) is 8.78 Å². The van der Waals surface area contributed by atoms with Gasteiger partial charge >= 0.3 is 0 Å². The SMILES string of the molecule is CNCc1ccc(F)c(-c2ccc(F)c(C)c2)c1. The maximum atomic E-state index is 13.8. The van der Waals surface area contributed by atoms with E-state index in [0.717, 1.165) is 5.56 Å². The second kappa shape index (κ2) is 5.27. The van der Waals surface area contributed by atoms with E-state index in [-0.39, 0.29) is 11.6 Å². The molecular weight excluding hydrogens is 232 g/mol. The Hall–Kier alpha value is -1.74. The van der Waals surface area contributed by atoms with E-state index in [0.29, 0.717) is 23.2 Å². The Morgan fingerprint density at radius 3 is 2.39 bits per heavy atom. The van der Waals surface area contributed by atoms with Gasteiger partial charge in [0.15, 0.2) is 0 Å². The Morgan fingerprint density at radius 2 is 1.72 bits per heavy atom. The van der Waals surface area contributed by atoms with Crippen molar-refractivity contribution in [1.82, 2.24) is 5.32 Å². The van der Waals surface area contributed by atoms with E-state index in [2.05, 4.69) is 5.32 Å². The number of benzene rings is 2. The van der Waals surface area contributed by atoms with Crippen molar-refractivity contribution < 1.29 is 8.78 Å². The van der Waals surface area contributed by atoms with Crippen molar-refractivity contribution in [3.05, 3.63) is 59.2 Å². The van der Waals surface area contributed by atoms with Gasteiger partial charge in [0.25, 0.3) is 0 Å². The van der Waals surface area contributed by atoms with Crippen LogP contribution in [0.15, 0.2) is 36.4 Å². The molecule has 0 saturated carbocycles. The molecule has 0 unspecified atom stereocenters. The zero-order chi connectivity index (χ0) is 13.1. The van der Waals surface area contributed by atoms with Gasteiger partial charge in [-0.05, 0) is 54.9 Å². The summed E-state index contributed by atoms with van der Waals surface area (Å²) in [5.74, 6) is -0.564. The fourth-order valence-electron chi connectivity index (χ4n) is 1.92. The fraction of sp³-hybridized carbons (Fsp3) is 0.200. The van der Waals surface area contributed by atoms with E-state index in [4.69, 9.17) is 0 Å². The van der Waals surface area contributed by atoms with Crippen molar-refractivity contribution in [3.63, 3.8) is 0 Å². The normalized spacial score (nSPS) is 10.7. The van der Waals surface area contributed by atoms with Crippen molar-refractivity contribution in [2.75, 3.05) is 7.05 Å². The smallest absolute Gasteiger partial charge is 0.131 e. The topological polar surface area (TPSA) is 12.0 Å². The van der Waals surface area contributed by atoms with Crippen LogP contribution in [0.5, 0.6) is 0 Å². The van der Waals surface area contributed by atoms with Crippen LogP contribution in [0.2, 0.25) is 0 Å². The first-order chi connectivity index (χ1) is 8.61. The molecule has 1 N–H and O–H groups in total. The van der Waals surface area contributed by atoms with E-state index < -0.39 is 0 Å². The molecule has 2 aromatic rings. The molecule has 0 aliphatic rings. The zero-order valence-electron chi connectivity index (χ0n) is 10.4. The van der Waals surface area contributed by atoms with Crippen LogP contribution < -0.4 is 5.32 Å². The highest BCUT2D eigenvalue weighted by molar-refractivity contribution is 5.65. The van der Waals surface area contributed by atoms with Crippen LogP contribution in [0, 0.1) is 18.6 Å². The van der Waals surface area contributed by atoms with Gasteiger partial charge in [0.1, 0.15) is 11.6 Å². The average molecular weight is 247 g/mol. The molecule has 0 aromatic heterocycles. The molecule has 3 heteroatoms. The second-order valence-electron chi connectivity index (χ2n) is 4.31. The maximum absolute atomic E-state index is 13.8. The third-order valence-electron chi connectivity index (χ3n) is 2.88. The van der Waals surface area contributed by atoms with Gasteiger partial charge in [0, 0.05) is 12.1 Å². The largest absolute Gasteiger partial charge is 0.316 e. The summed E-state index contributed by atoms with van der Waals surface area (Å²) in [6, 6.07) is 9.61. The number of rotatable bonds is 3. The molecule has 0 aliphatic heterocycles. The molecule has 0 aliphatic carbocycles. The molecule has 0 fully saturated rings. The summed E-state index contributed by atoms with van der Waals surface area (Å²) in [5, 5.41) is 3.02. The summed E-state index contributed by atoms with van der Waals surface area (Å²) in [4.78, 5) is 0. The fourth-order valence-corrected chi connectivity index (χ4v) is 1.92. The van der Waals surface area contributed by atoms with E-state index in [1.165, 1.54) is 12.1 Å². The Morgan fingerprint density at radius 1 is 1.00 bits per heavy atom. The summed E-state index contributed by atoms with van der Waals surface area (Å²) in [7, 11) is 1.84. The minimum absolute atomic E-state index is 0.273. The van der Waals surface area contributed by atoms with Crippen LogP contribution >= 0.6 is 0 Å². The highest BCUT2D eigenvalue weighted by Gasteiger charge is 2.08. The lowest BCUT2D eigenvalue weighted by molar-refractivity contribution is 0.617. The van der Waals surface area contributed by atoms with Crippen LogP contribution in [-0.2, 0) is 6.54 Å². The molecule has 1 nitrogen and oxygen atoms in total. The van der Waals surface area contributed by atoms with Crippen molar-refractivity contribution in [2.24, 2.45) is 0 Å². The summed E-state index contributed by atoms with van der Waals surface area (Å²) in [6.45, 7) is 2.35. The van der Waals surface area contributed by atoms with E-state index >= 15 is 0 Å². The maximum Gasteiger partial charge on any atom is 0.131 e. The van der Waals surface area contributed by atoms with Crippen LogP contribution in [0.3, 0.4) is 0 Å². The number of hydrogen-bond acceptors (Lipinski definition) is 1. The molecule has 2 rings (SSSR count). The van der Waals surface area contributed by atoms with Crippen molar-refractivity contribution >= 4 is 0 Å². The van der Waals surface area contributed by atoms with E-state index in [1.807, 2.05) is 7.05 Å². The molecule has 0 heterocycles. The molecule has 18 heavy (non-hydrogen) atoms. The predicted molar refractivity (Wildman–Crippen MR) is 69.3 cm³/mol. The Labute approximate surface area is 105 Å². The Bertz CT molecular complexity index is 564. The first-order valence-corrected chi connectivity index (χ1v) is 5.81. The van der Waals surface area contributed by atoms with Crippen LogP contribution in [0.1, 0.15) is 11.1 Å². The molecule has 0 amide bonds. The van der Waals surface area contributed by atoms with E-state index in [9.17, 15) is 8.78 Å². The highest BCUT2D eigenvalue weighted by Crippen LogP contribution is 2.25.